The van der Waals surface area contributed by atoms with Crippen molar-refractivity contribution in [3.8, 4) is 17.6 Å². The van der Waals surface area contributed by atoms with E-state index in [1.807, 2.05) is 18.3 Å². The fourth-order valence-corrected chi connectivity index (χ4v) is 3.47. The Balaban J connectivity index is 1.31. The molecule has 0 aromatic heterocycles. The molecule has 0 radical (unpaired) electrons. The van der Waals surface area contributed by atoms with E-state index in [9.17, 15) is 0 Å². The number of ether oxygens (including phenoxy) is 1. The minimum absolute atomic E-state index is 0.182. The molecule has 4 rings (SSSR count). The van der Waals surface area contributed by atoms with Crippen LogP contribution in [0.25, 0.3) is 0 Å². The van der Waals surface area contributed by atoms with E-state index < -0.39 is 0 Å². The summed E-state index contributed by atoms with van der Waals surface area (Å²) >= 11 is 0. The van der Waals surface area contributed by atoms with Crippen LogP contribution in [0.5, 0.6) is 5.75 Å². The third-order valence-corrected chi connectivity index (χ3v) is 5.38. The summed E-state index contributed by atoms with van der Waals surface area (Å²) in [5.41, 5.74) is 12.0. The number of rotatable bonds is 5. The molecule has 1 fully saturated rings. The van der Waals surface area contributed by atoms with E-state index in [-0.39, 0.29) is 6.10 Å². The van der Waals surface area contributed by atoms with Crippen LogP contribution in [0.1, 0.15) is 41.5 Å². The van der Waals surface area contributed by atoms with Gasteiger partial charge in [0.2, 0.25) is 0 Å². The number of allylic oxidation sites excluding steroid dienone is 1. The Bertz CT molecular complexity index is 931. The van der Waals surface area contributed by atoms with Gasteiger partial charge in [0, 0.05) is 29.8 Å². The van der Waals surface area contributed by atoms with Crippen molar-refractivity contribution in [2.45, 2.75) is 45.1 Å². The number of hydrogen-bond donors (Lipinski definition) is 2. The lowest BCUT2D eigenvalue weighted by molar-refractivity contribution is 0.175. The van der Waals surface area contributed by atoms with Crippen LogP contribution in [0.4, 0.5) is 0 Å². The number of benzene rings is 2. The normalized spacial score (nSPS) is 18.5. The smallest absolute Gasteiger partial charge is 0.123 e. The lowest BCUT2D eigenvalue weighted by Crippen LogP contribution is -2.32. The van der Waals surface area contributed by atoms with Crippen molar-refractivity contribution in [1.82, 2.24) is 5.32 Å². The second kappa shape index (κ2) is 8.44. The number of nitrogens with one attached hydrogen (secondary N) is 1. The Labute approximate surface area is 168 Å². The highest BCUT2D eigenvalue weighted by molar-refractivity contribution is 5.42. The Kier molecular flexibility index (Phi) is 5.58. The van der Waals surface area contributed by atoms with Crippen LogP contribution in [0.15, 0.2) is 54.4 Å². The van der Waals surface area contributed by atoms with Crippen LogP contribution in [0.2, 0.25) is 0 Å². The Morgan fingerprint density at radius 1 is 1.21 bits per heavy atom. The highest BCUT2D eigenvalue weighted by Gasteiger charge is 2.19. The van der Waals surface area contributed by atoms with Crippen molar-refractivity contribution in [2.24, 2.45) is 11.7 Å². The predicted molar refractivity (Wildman–Crippen MR) is 114 cm³/mol. The highest BCUT2D eigenvalue weighted by atomic mass is 16.5. The zero-order valence-corrected chi connectivity index (χ0v) is 16.5. The fraction of sp³-hybridized carbons (Fsp3) is 0.360. The quantitative estimate of drug-likeness (QED) is 0.778. The van der Waals surface area contributed by atoms with Crippen molar-refractivity contribution < 1.29 is 4.74 Å². The zero-order valence-electron chi connectivity index (χ0n) is 16.5. The van der Waals surface area contributed by atoms with E-state index in [1.54, 1.807) is 0 Å². The third kappa shape index (κ3) is 4.89. The molecule has 1 aliphatic carbocycles. The van der Waals surface area contributed by atoms with Gasteiger partial charge < -0.3 is 15.8 Å². The molecule has 0 amide bonds. The second-order valence-corrected chi connectivity index (χ2v) is 7.88. The molecule has 1 saturated carbocycles. The van der Waals surface area contributed by atoms with Gasteiger partial charge in [0.25, 0.3) is 0 Å². The van der Waals surface area contributed by atoms with Crippen molar-refractivity contribution in [3.05, 3.63) is 76.6 Å². The number of nitrogens with two attached hydrogens (primary N) is 1. The molecular weight excluding hydrogens is 344 g/mol. The average molecular weight is 373 g/mol. The van der Waals surface area contributed by atoms with Gasteiger partial charge in [0.15, 0.2) is 0 Å². The predicted octanol–water partition coefficient (Wildman–Crippen LogP) is 4.08. The summed E-state index contributed by atoms with van der Waals surface area (Å²) in [6, 6.07) is 14.7. The van der Waals surface area contributed by atoms with Gasteiger partial charge in [-0.1, -0.05) is 36.1 Å². The fourth-order valence-electron chi connectivity index (χ4n) is 3.47. The van der Waals surface area contributed by atoms with Crippen LogP contribution >= 0.6 is 0 Å². The van der Waals surface area contributed by atoms with Gasteiger partial charge in [-0.15, -0.1) is 0 Å². The summed E-state index contributed by atoms with van der Waals surface area (Å²) in [6.45, 7) is 2.89. The topological polar surface area (TPSA) is 47.3 Å². The first kappa shape index (κ1) is 18.5. The number of fused-ring (bicyclic) bond motifs is 1. The van der Waals surface area contributed by atoms with E-state index in [4.69, 9.17) is 10.5 Å². The van der Waals surface area contributed by atoms with Gasteiger partial charge in [0.1, 0.15) is 11.9 Å². The Hall–Kier alpha value is -2.86. The van der Waals surface area contributed by atoms with E-state index in [2.05, 4.69) is 54.4 Å². The maximum Gasteiger partial charge on any atom is 0.123 e. The van der Waals surface area contributed by atoms with Gasteiger partial charge in [-0.2, -0.15) is 0 Å². The molecule has 1 atom stereocenters. The van der Waals surface area contributed by atoms with Crippen molar-refractivity contribution in [2.75, 3.05) is 6.54 Å². The van der Waals surface area contributed by atoms with Gasteiger partial charge in [-0.3, -0.25) is 0 Å². The standard InChI is InChI=1S/C25H28N2O/c1-18-6-7-20(11-10-19-8-9-19)14-22(18)15-23(26)16-27-17-24-13-12-21-4-2-3-5-25(21)28-24/h2-7,14,16,19,24,27H,8-9,12-13,15,17,26H2,1H3/b23-16-. The van der Waals surface area contributed by atoms with Gasteiger partial charge >= 0.3 is 0 Å². The maximum atomic E-state index is 6.27. The van der Waals surface area contributed by atoms with Gasteiger partial charge in [-0.25, -0.2) is 0 Å². The van der Waals surface area contributed by atoms with Crippen LogP contribution < -0.4 is 15.8 Å². The molecule has 1 heterocycles. The number of hydrogen-bond acceptors (Lipinski definition) is 3. The molecule has 3 nitrogen and oxygen atoms in total. The first-order valence-corrected chi connectivity index (χ1v) is 10.2. The summed E-state index contributed by atoms with van der Waals surface area (Å²) in [6.07, 6.45) is 7.43. The first-order chi connectivity index (χ1) is 13.7. The van der Waals surface area contributed by atoms with Gasteiger partial charge in [-0.05, 0) is 67.5 Å². The Morgan fingerprint density at radius 3 is 2.93 bits per heavy atom. The van der Waals surface area contributed by atoms with Crippen LogP contribution in [-0.2, 0) is 12.8 Å². The molecule has 144 valence electrons. The molecule has 2 aliphatic rings. The molecule has 3 N–H and O–H groups in total. The molecule has 2 aromatic carbocycles. The summed E-state index contributed by atoms with van der Waals surface area (Å²) in [7, 11) is 0. The van der Waals surface area contributed by atoms with Crippen molar-refractivity contribution >= 4 is 0 Å². The zero-order chi connectivity index (χ0) is 19.3. The van der Waals surface area contributed by atoms with Gasteiger partial charge in [0.05, 0.1) is 6.54 Å². The molecule has 0 bridgehead atoms. The van der Waals surface area contributed by atoms with Crippen molar-refractivity contribution in [3.63, 3.8) is 0 Å². The molecular formula is C25H28N2O. The van der Waals surface area contributed by atoms with E-state index in [0.717, 1.165) is 42.8 Å². The number of aryl methyl sites for hydroxylation is 2. The summed E-state index contributed by atoms with van der Waals surface area (Å²) < 4.78 is 6.07. The minimum Gasteiger partial charge on any atom is -0.488 e. The molecule has 3 heteroatoms. The van der Waals surface area contributed by atoms with Crippen LogP contribution in [0, 0.1) is 24.7 Å². The highest BCUT2D eigenvalue weighted by Crippen LogP contribution is 2.28. The average Bonchev–Trinajstić information content (AvgIpc) is 3.53. The lowest BCUT2D eigenvalue weighted by atomic mass is 10.0. The second-order valence-electron chi connectivity index (χ2n) is 7.88. The van der Waals surface area contributed by atoms with Crippen molar-refractivity contribution in [1.29, 1.82) is 0 Å². The summed E-state index contributed by atoms with van der Waals surface area (Å²) in [5.74, 6) is 8.26. The largest absolute Gasteiger partial charge is 0.488 e. The molecule has 1 unspecified atom stereocenters. The first-order valence-electron chi connectivity index (χ1n) is 10.2. The Morgan fingerprint density at radius 2 is 2.07 bits per heavy atom. The van der Waals surface area contributed by atoms with Crippen LogP contribution in [-0.4, -0.2) is 12.6 Å². The molecule has 0 spiro atoms. The van der Waals surface area contributed by atoms with E-state index in [1.165, 1.54) is 29.5 Å². The lowest BCUT2D eigenvalue weighted by Gasteiger charge is -2.26. The molecule has 2 aromatic rings. The summed E-state index contributed by atoms with van der Waals surface area (Å²) in [5, 5.41) is 3.35. The monoisotopic (exact) mass is 372 g/mol. The molecule has 0 saturated heterocycles. The molecule has 1 aliphatic heterocycles. The van der Waals surface area contributed by atoms with Crippen LogP contribution in [0.3, 0.4) is 0 Å². The van der Waals surface area contributed by atoms with E-state index >= 15 is 0 Å². The summed E-state index contributed by atoms with van der Waals surface area (Å²) in [4.78, 5) is 0. The number of para-hydroxylation sites is 1. The van der Waals surface area contributed by atoms with E-state index in [0.29, 0.717) is 5.92 Å². The molecule has 28 heavy (non-hydrogen) atoms. The maximum absolute atomic E-state index is 6.27. The third-order valence-electron chi connectivity index (χ3n) is 5.38. The SMILES string of the molecule is Cc1ccc(C#CC2CC2)cc1C/C(N)=C/NCC1CCc2ccccc2O1. The minimum atomic E-state index is 0.182.